The van der Waals surface area contributed by atoms with Crippen molar-refractivity contribution in [3.8, 4) is 0 Å². The fourth-order valence-electron chi connectivity index (χ4n) is 3.12. The zero-order valence-corrected chi connectivity index (χ0v) is 14.4. The molecule has 0 amide bonds. The molecule has 0 bridgehead atoms. The molecule has 1 aromatic carbocycles. The molecule has 0 aromatic heterocycles. The van der Waals surface area contributed by atoms with E-state index in [0.717, 1.165) is 32.1 Å². The van der Waals surface area contributed by atoms with Crippen molar-refractivity contribution >= 4 is 21.6 Å². The molecule has 0 spiro atoms. The first-order valence-corrected chi connectivity index (χ1v) is 9.71. The topological polar surface area (TPSA) is 37.4 Å². The number of nitrogens with zero attached hydrogens (tertiary/aromatic N) is 1. The lowest BCUT2D eigenvalue weighted by Crippen LogP contribution is -2.41. The minimum absolute atomic E-state index is 0.0157. The Hall–Kier alpha value is -0.580. The number of sulfonamides is 1. The molecule has 2 rings (SSSR count). The quantitative estimate of drug-likeness (QED) is 0.717. The summed E-state index contributed by atoms with van der Waals surface area (Å²) in [7, 11) is -3.46. The lowest BCUT2D eigenvalue weighted by Gasteiger charge is -2.29. The second-order valence-corrected chi connectivity index (χ2v) is 7.83. The summed E-state index contributed by atoms with van der Waals surface area (Å²) in [5.41, 5.74) is 2.48. The number of aryl methyl sites for hydroxylation is 2. The van der Waals surface area contributed by atoms with Crippen LogP contribution in [0, 0.1) is 0 Å². The maximum Gasteiger partial charge on any atom is 0.243 e. The first kappa shape index (κ1) is 16.8. The summed E-state index contributed by atoms with van der Waals surface area (Å²) in [6.07, 6.45) is 4.78. The Morgan fingerprint density at radius 2 is 1.86 bits per heavy atom. The van der Waals surface area contributed by atoms with Gasteiger partial charge in [-0.2, -0.15) is 4.31 Å². The molecule has 1 aliphatic carbocycles. The van der Waals surface area contributed by atoms with Gasteiger partial charge in [0, 0.05) is 18.5 Å². The Balaban J connectivity index is 2.38. The molecular weight excluding hydrogens is 306 g/mol. The molecule has 21 heavy (non-hydrogen) atoms. The standard InChI is InChI=1S/C16H24ClNO2S/c1-3-15(4-2)18(11-10-17)21(19,20)16-9-8-13-6-5-7-14(13)12-16/h8-9,12,15H,3-7,10-11H2,1-2H3. The van der Waals surface area contributed by atoms with E-state index < -0.39 is 10.0 Å². The SMILES string of the molecule is CCC(CC)N(CCCl)S(=O)(=O)c1ccc2c(c1)CCC2. The first-order chi connectivity index (χ1) is 10.0. The van der Waals surface area contributed by atoms with Crippen molar-refractivity contribution in [3.63, 3.8) is 0 Å². The summed E-state index contributed by atoms with van der Waals surface area (Å²) in [6, 6.07) is 5.60. The van der Waals surface area contributed by atoms with Crippen LogP contribution in [0.3, 0.4) is 0 Å². The van der Waals surface area contributed by atoms with Gasteiger partial charge in [-0.1, -0.05) is 19.9 Å². The summed E-state index contributed by atoms with van der Waals surface area (Å²) < 4.78 is 27.5. The van der Waals surface area contributed by atoms with Gasteiger partial charge in [0.25, 0.3) is 0 Å². The van der Waals surface area contributed by atoms with Crippen LogP contribution in [0.1, 0.15) is 44.2 Å². The van der Waals surface area contributed by atoms with Crippen LogP contribution in [-0.4, -0.2) is 31.2 Å². The average molecular weight is 330 g/mol. The van der Waals surface area contributed by atoms with Crippen LogP contribution in [0.25, 0.3) is 0 Å². The van der Waals surface area contributed by atoms with Gasteiger partial charge in [-0.05, 0) is 55.4 Å². The van der Waals surface area contributed by atoms with E-state index in [9.17, 15) is 8.42 Å². The van der Waals surface area contributed by atoms with Gasteiger partial charge in [0.1, 0.15) is 0 Å². The molecule has 0 saturated carbocycles. The molecule has 0 radical (unpaired) electrons. The molecule has 1 aromatic rings. The van der Waals surface area contributed by atoms with Gasteiger partial charge in [-0.15, -0.1) is 11.6 Å². The van der Waals surface area contributed by atoms with Crippen LogP contribution in [-0.2, 0) is 22.9 Å². The van der Waals surface area contributed by atoms with Gasteiger partial charge in [0.05, 0.1) is 4.90 Å². The predicted molar refractivity (Wildman–Crippen MR) is 87.4 cm³/mol. The molecule has 118 valence electrons. The van der Waals surface area contributed by atoms with Crippen LogP contribution in [0.2, 0.25) is 0 Å². The van der Waals surface area contributed by atoms with E-state index >= 15 is 0 Å². The smallest absolute Gasteiger partial charge is 0.207 e. The molecule has 0 fully saturated rings. The molecule has 0 atom stereocenters. The highest BCUT2D eigenvalue weighted by Gasteiger charge is 2.30. The molecule has 0 heterocycles. The minimum Gasteiger partial charge on any atom is -0.207 e. The van der Waals surface area contributed by atoms with Crippen LogP contribution in [0.4, 0.5) is 0 Å². The van der Waals surface area contributed by atoms with Crippen LogP contribution in [0.5, 0.6) is 0 Å². The number of alkyl halides is 1. The van der Waals surface area contributed by atoms with E-state index in [1.54, 1.807) is 10.4 Å². The summed E-state index contributed by atoms with van der Waals surface area (Å²) in [4.78, 5) is 0.417. The molecule has 0 unspecified atom stereocenters. The van der Waals surface area contributed by atoms with E-state index in [1.807, 2.05) is 26.0 Å². The lowest BCUT2D eigenvalue weighted by molar-refractivity contribution is 0.316. The normalized spacial score (nSPS) is 14.9. The number of rotatable bonds is 7. The molecule has 5 heteroatoms. The number of hydrogen-bond acceptors (Lipinski definition) is 2. The zero-order valence-electron chi connectivity index (χ0n) is 12.8. The van der Waals surface area contributed by atoms with Crippen LogP contribution in [0.15, 0.2) is 23.1 Å². The predicted octanol–water partition coefficient (Wildman–Crippen LogP) is 3.59. The summed E-state index contributed by atoms with van der Waals surface area (Å²) in [6.45, 7) is 4.41. The molecule has 0 saturated heterocycles. The summed E-state index contributed by atoms with van der Waals surface area (Å²) in [5, 5.41) is 0. The Kier molecular flexibility index (Phi) is 5.69. The van der Waals surface area contributed by atoms with Gasteiger partial charge in [0.2, 0.25) is 10.0 Å². The number of hydrogen-bond donors (Lipinski definition) is 0. The van der Waals surface area contributed by atoms with E-state index in [4.69, 9.17) is 11.6 Å². The van der Waals surface area contributed by atoms with E-state index in [0.29, 0.717) is 17.3 Å². The Morgan fingerprint density at radius 3 is 2.48 bits per heavy atom. The average Bonchev–Trinajstić information content (AvgIpc) is 2.94. The number of fused-ring (bicyclic) bond motifs is 1. The second-order valence-electron chi connectivity index (χ2n) is 5.56. The largest absolute Gasteiger partial charge is 0.243 e. The van der Waals surface area contributed by atoms with Crippen molar-refractivity contribution in [2.75, 3.05) is 12.4 Å². The zero-order chi connectivity index (χ0) is 15.5. The second kappa shape index (κ2) is 7.12. The number of benzene rings is 1. The Labute approximate surface area is 133 Å². The highest BCUT2D eigenvalue weighted by atomic mass is 35.5. The van der Waals surface area contributed by atoms with Crippen LogP contribution < -0.4 is 0 Å². The van der Waals surface area contributed by atoms with E-state index in [1.165, 1.54) is 11.1 Å². The van der Waals surface area contributed by atoms with E-state index in [-0.39, 0.29) is 6.04 Å². The van der Waals surface area contributed by atoms with Crippen molar-refractivity contribution in [2.24, 2.45) is 0 Å². The lowest BCUT2D eigenvalue weighted by atomic mass is 10.1. The summed E-state index contributed by atoms with van der Waals surface area (Å²) >= 11 is 5.84. The third kappa shape index (κ3) is 3.43. The van der Waals surface area contributed by atoms with Crippen molar-refractivity contribution in [1.82, 2.24) is 4.31 Å². The maximum absolute atomic E-state index is 12.9. The molecule has 0 N–H and O–H groups in total. The maximum atomic E-state index is 12.9. The monoisotopic (exact) mass is 329 g/mol. The van der Waals surface area contributed by atoms with Gasteiger partial charge < -0.3 is 0 Å². The third-order valence-corrected chi connectivity index (χ3v) is 6.45. The highest BCUT2D eigenvalue weighted by molar-refractivity contribution is 7.89. The Morgan fingerprint density at radius 1 is 1.19 bits per heavy atom. The highest BCUT2D eigenvalue weighted by Crippen LogP contribution is 2.27. The van der Waals surface area contributed by atoms with Gasteiger partial charge in [0.15, 0.2) is 0 Å². The van der Waals surface area contributed by atoms with Gasteiger partial charge >= 0.3 is 0 Å². The van der Waals surface area contributed by atoms with Crippen molar-refractivity contribution < 1.29 is 8.42 Å². The van der Waals surface area contributed by atoms with Crippen molar-refractivity contribution in [2.45, 2.75) is 56.9 Å². The first-order valence-electron chi connectivity index (χ1n) is 7.74. The third-order valence-electron chi connectivity index (χ3n) is 4.33. The van der Waals surface area contributed by atoms with Gasteiger partial charge in [-0.25, -0.2) is 8.42 Å². The van der Waals surface area contributed by atoms with Crippen molar-refractivity contribution in [3.05, 3.63) is 29.3 Å². The van der Waals surface area contributed by atoms with E-state index in [2.05, 4.69) is 0 Å². The van der Waals surface area contributed by atoms with Crippen molar-refractivity contribution in [1.29, 1.82) is 0 Å². The fourth-order valence-corrected chi connectivity index (χ4v) is 5.23. The molecule has 3 nitrogen and oxygen atoms in total. The fraction of sp³-hybridized carbons (Fsp3) is 0.625. The minimum atomic E-state index is -3.46. The Bertz CT molecular complexity index is 582. The molecular formula is C16H24ClNO2S. The number of halogens is 1. The molecule has 1 aliphatic rings. The molecule has 0 aliphatic heterocycles. The van der Waals surface area contributed by atoms with Crippen LogP contribution >= 0.6 is 11.6 Å². The van der Waals surface area contributed by atoms with Gasteiger partial charge in [-0.3, -0.25) is 0 Å². The summed E-state index contributed by atoms with van der Waals surface area (Å²) in [5.74, 6) is 0.320.